The number of hydrogen-bond acceptors (Lipinski definition) is 6. The van der Waals surface area contributed by atoms with Crippen molar-refractivity contribution in [2.45, 2.75) is 27.3 Å². The number of carbonyl (C=O) groups is 1. The first kappa shape index (κ1) is 19.5. The smallest absolute Gasteiger partial charge is 0.225 e. The molecule has 0 radical (unpaired) electrons. The minimum absolute atomic E-state index is 0.0478. The van der Waals surface area contributed by atoms with E-state index in [2.05, 4.69) is 17.9 Å². The standard InChI is InChI=1S/C19H24N2O2S3/c1-12(2)18(23)21-8-6-20(7-9-21)11-15-10-14(4-5-16(15)22)17-13(3)19(24)26-25-17/h4-5,10,12,22H,6-9,11H2,1-3H3. The second-order valence-corrected chi connectivity index (χ2v) is 9.82. The Labute approximate surface area is 167 Å². The van der Waals surface area contributed by atoms with E-state index in [0.29, 0.717) is 12.3 Å². The first-order chi connectivity index (χ1) is 12.4. The number of nitrogens with zero attached hydrogens (tertiary/aromatic N) is 2. The van der Waals surface area contributed by atoms with Crippen LogP contribution in [-0.4, -0.2) is 47.0 Å². The highest BCUT2D eigenvalue weighted by Gasteiger charge is 2.23. The van der Waals surface area contributed by atoms with Crippen molar-refractivity contribution in [3.8, 4) is 16.2 Å². The van der Waals surface area contributed by atoms with Crippen LogP contribution < -0.4 is 0 Å². The number of hydrogen-bond donors (Lipinski definition) is 1. The monoisotopic (exact) mass is 408 g/mol. The fraction of sp³-hybridized carbons (Fsp3) is 0.474. The van der Waals surface area contributed by atoms with Gasteiger partial charge in [0.25, 0.3) is 0 Å². The van der Waals surface area contributed by atoms with E-state index in [0.717, 1.165) is 46.7 Å². The summed E-state index contributed by atoms with van der Waals surface area (Å²) in [6.07, 6.45) is 0. The number of piperazine rings is 1. The molecule has 1 aromatic carbocycles. The van der Waals surface area contributed by atoms with Crippen molar-refractivity contribution >= 4 is 38.8 Å². The van der Waals surface area contributed by atoms with E-state index < -0.39 is 0 Å². The number of aromatic hydroxyl groups is 1. The summed E-state index contributed by atoms with van der Waals surface area (Å²) in [4.78, 5) is 17.5. The minimum Gasteiger partial charge on any atom is -0.508 e. The Morgan fingerprint density at radius 3 is 2.50 bits per heavy atom. The normalized spacial score (nSPS) is 15.6. The Morgan fingerprint density at radius 2 is 1.92 bits per heavy atom. The predicted molar refractivity (Wildman–Crippen MR) is 112 cm³/mol. The highest BCUT2D eigenvalue weighted by molar-refractivity contribution is 7.80. The van der Waals surface area contributed by atoms with Gasteiger partial charge in [-0.2, -0.15) is 0 Å². The predicted octanol–water partition coefficient (Wildman–Crippen LogP) is 4.52. The van der Waals surface area contributed by atoms with Crippen molar-refractivity contribution in [3.05, 3.63) is 33.1 Å². The molecule has 0 saturated carbocycles. The average Bonchev–Trinajstić information content (AvgIpc) is 2.96. The molecule has 0 unspecified atom stereocenters. The molecule has 1 saturated heterocycles. The summed E-state index contributed by atoms with van der Waals surface area (Å²) < 4.78 is 0.936. The molecule has 1 aliphatic rings. The summed E-state index contributed by atoms with van der Waals surface area (Å²) in [5.41, 5.74) is 3.18. The summed E-state index contributed by atoms with van der Waals surface area (Å²) in [6.45, 7) is 9.81. The van der Waals surface area contributed by atoms with E-state index in [4.69, 9.17) is 12.2 Å². The third kappa shape index (κ3) is 4.17. The molecule has 26 heavy (non-hydrogen) atoms. The topological polar surface area (TPSA) is 43.8 Å². The molecule has 1 aliphatic heterocycles. The first-order valence-electron chi connectivity index (χ1n) is 8.80. The quantitative estimate of drug-likeness (QED) is 0.597. The van der Waals surface area contributed by atoms with Crippen LogP contribution in [-0.2, 0) is 11.3 Å². The van der Waals surface area contributed by atoms with Crippen molar-refractivity contribution in [2.75, 3.05) is 26.2 Å². The minimum atomic E-state index is 0.0478. The number of carbonyl (C=O) groups excluding carboxylic acids is 1. The molecule has 0 spiro atoms. The molecule has 2 aromatic rings. The zero-order valence-corrected chi connectivity index (χ0v) is 17.8. The van der Waals surface area contributed by atoms with Crippen LogP contribution in [0.15, 0.2) is 18.2 Å². The van der Waals surface area contributed by atoms with Gasteiger partial charge in [0, 0.05) is 44.2 Å². The largest absolute Gasteiger partial charge is 0.508 e. The van der Waals surface area contributed by atoms with Crippen molar-refractivity contribution in [3.63, 3.8) is 0 Å². The van der Waals surface area contributed by atoms with Gasteiger partial charge >= 0.3 is 0 Å². The van der Waals surface area contributed by atoms with Crippen molar-refractivity contribution in [1.82, 2.24) is 9.80 Å². The van der Waals surface area contributed by atoms with Crippen LogP contribution >= 0.6 is 32.9 Å². The maximum Gasteiger partial charge on any atom is 0.225 e. The Morgan fingerprint density at radius 1 is 1.23 bits per heavy atom. The Balaban J connectivity index is 1.71. The third-order valence-corrected chi connectivity index (χ3v) is 8.13. The Bertz CT molecular complexity index is 849. The summed E-state index contributed by atoms with van der Waals surface area (Å²) in [5, 5.41) is 10.3. The summed E-state index contributed by atoms with van der Waals surface area (Å²) in [7, 11) is 3.32. The summed E-state index contributed by atoms with van der Waals surface area (Å²) in [6, 6.07) is 5.80. The molecule has 0 atom stereocenters. The van der Waals surface area contributed by atoms with Gasteiger partial charge in [-0.3, -0.25) is 9.69 Å². The van der Waals surface area contributed by atoms with E-state index in [1.807, 2.05) is 24.8 Å². The molecule has 140 valence electrons. The second-order valence-electron chi connectivity index (χ2n) is 7.01. The fourth-order valence-electron chi connectivity index (χ4n) is 3.15. The van der Waals surface area contributed by atoms with Crippen molar-refractivity contribution < 1.29 is 9.90 Å². The van der Waals surface area contributed by atoms with Gasteiger partial charge in [0.1, 0.15) is 9.57 Å². The lowest BCUT2D eigenvalue weighted by Gasteiger charge is -2.35. The van der Waals surface area contributed by atoms with Crippen LogP contribution in [0.3, 0.4) is 0 Å². The van der Waals surface area contributed by atoms with E-state index in [1.165, 1.54) is 4.88 Å². The fourth-order valence-corrected chi connectivity index (χ4v) is 6.04. The third-order valence-electron chi connectivity index (χ3n) is 4.76. The van der Waals surface area contributed by atoms with Crippen LogP contribution in [0, 0.1) is 16.7 Å². The Hall–Kier alpha value is -1.28. The molecule has 3 rings (SSSR count). The molecule has 1 fully saturated rings. The molecule has 1 aromatic heterocycles. The molecule has 0 bridgehead atoms. The second kappa shape index (κ2) is 8.17. The van der Waals surface area contributed by atoms with E-state index >= 15 is 0 Å². The lowest BCUT2D eigenvalue weighted by Crippen LogP contribution is -2.49. The number of rotatable bonds is 4. The molecule has 7 heteroatoms. The highest BCUT2D eigenvalue weighted by Crippen LogP contribution is 2.36. The molecule has 1 N–H and O–H groups in total. The van der Waals surface area contributed by atoms with Crippen LogP contribution in [0.5, 0.6) is 5.75 Å². The maximum absolute atomic E-state index is 12.1. The van der Waals surface area contributed by atoms with Crippen LogP contribution in [0.2, 0.25) is 0 Å². The van der Waals surface area contributed by atoms with Crippen molar-refractivity contribution in [1.29, 1.82) is 0 Å². The Kier molecular flexibility index (Phi) is 6.12. The van der Waals surface area contributed by atoms with Crippen LogP contribution in [0.1, 0.15) is 25.0 Å². The SMILES string of the molecule is Cc1c(-c2ccc(O)c(CN3CCN(C(=O)C(C)C)CC3)c2)ssc1=S. The number of phenols is 1. The van der Waals surface area contributed by atoms with Gasteiger partial charge in [-0.15, -0.1) is 0 Å². The first-order valence-corrected chi connectivity index (χ1v) is 11.4. The number of amides is 1. The number of benzene rings is 1. The van der Waals surface area contributed by atoms with Crippen LogP contribution in [0.4, 0.5) is 0 Å². The van der Waals surface area contributed by atoms with Crippen LogP contribution in [0.25, 0.3) is 10.4 Å². The molecular weight excluding hydrogens is 384 g/mol. The zero-order valence-electron chi connectivity index (χ0n) is 15.3. The van der Waals surface area contributed by atoms with Gasteiger partial charge in [0.05, 0.1) is 4.88 Å². The molecule has 4 nitrogen and oxygen atoms in total. The highest BCUT2D eigenvalue weighted by atomic mass is 32.9. The van der Waals surface area contributed by atoms with E-state index in [9.17, 15) is 9.90 Å². The summed E-state index contributed by atoms with van der Waals surface area (Å²) in [5.74, 6) is 0.598. The molecular formula is C19H24N2O2S3. The van der Waals surface area contributed by atoms with E-state index in [-0.39, 0.29) is 11.8 Å². The maximum atomic E-state index is 12.1. The molecule has 2 heterocycles. The zero-order chi connectivity index (χ0) is 18.8. The molecule has 1 amide bonds. The van der Waals surface area contributed by atoms with Gasteiger partial charge in [-0.25, -0.2) is 0 Å². The van der Waals surface area contributed by atoms with E-state index in [1.54, 1.807) is 26.7 Å². The van der Waals surface area contributed by atoms with Gasteiger partial charge in [-0.1, -0.05) is 46.7 Å². The van der Waals surface area contributed by atoms with Gasteiger partial charge in [-0.05, 0) is 36.2 Å². The lowest BCUT2D eigenvalue weighted by atomic mass is 10.1. The summed E-state index contributed by atoms with van der Waals surface area (Å²) >= 11 is 5.35. The van der Waals surface area contributed by atoms with Gasteiger partial charge < -0.3 is 10.0 Å². The van der Waals surface area contributed by atoms with Crippen molar-refractivity contribution in [2.24, 2.45) is 5.92 Å². The lowest BCUT2D eigenvalue weighted by molar-refractivity contribution is -0.136. The number of phenolic OH excluding ortho intramolecular Hbond substituents is 1. The average molecular weight is 409 g/mol. The van der Waals surface area contributed by atoms with Gasteiger partial charge in [0.15, 0.2) is 0 Å². The van der Waals surface area contributed by atoms with Gasteiger partial charge in [0.2, 0.25) is 5.91 Å². The molecule has 0 aliphatic carbocycles.